The Hall–Kier alpha value is -3.25. The van der Waals surface area contributed by atoms with Gasteiger partial charge in [0, 0.05) is 23.9 Å². The Labute approximate surface area is 189 Å². The van der Waals surface area contributed by atoms with E-state index in [0.29, 0.717) is 24.7 Å². The summed E-state index contributed by atoms with van der Waals surface area (Å²) in [6.45, 7) is 0.713. The summed E-state index contributed by atoms with van der Waals surface area (Å²) >= 11 is 0. The zero-order valence-corrected chi connectivity index (χ0v) is 18.3. The lowest BCUT2D eigenvalue weighted by molar-refractivity contribution is -0.127. The molecule has 32 heavy (non-hydrogen) atoms. The second kappa shape index (κ2) is 10.4. The molecule has 6 heteroatoms. The standard InChI is InChI=1S/C26H31N5O/c27-17-19-6-8-20(9-7-19)26(32)31-24(14-18-4-2-1-3-5-18)21-10-12-29-23(15-21)22-11-13-30-25(28)16-22/h1-5,10-13,15-16,19-20,24H,6-9,14,17,27H2,(H2,28,30)(H,31,32). The number of nitrogen functional groups attached to an aromatic ring is 1. The third-order valence-electron chi connectivity index (χ3n) is 6.41. The molecule has 1 aromatic carbocycles. The molecule has 1 amide bonds. The SMILES string of the molecule is NCC1CCC(C(=O)NC(Cc2ccccc2)c2ccnc(-c3ccnc(N)c3)c2)CC1. The topological polar surface area (TPSA) is 107 Å². The van der Waals surface area contributed by atoms with E-state index in [1.54, 1.807) is 12.4 Å². The van der Waals surface area contributed by atoms with Crippen LogP contribution in [0.1, 0.15) is 42.9 Å². The third-order valence-corrected chi connectivity index (χ3v) is 6.41. The van der Waals surface area contributed by atoms with Gasteiger partial charge in [0.2, 0.25) is 5.91 Å². The van der Waals surface area contributed by atoms with Gasteiger partial charge in [-0.25, -0.2) is 4.98 Å². The van der Waals surface area contributed by atoms with Gasteiger partial charge in [0.25, 0.3) is 0 Å². The summed E-state index contributed by atoms with van der Waals surface area (Å²) in [5, 5.41) is 3.34. The fourth-order valence-corrected chi connectivity index (χ4v) is 4.48. The molecular formula is C26H31N5O. The molecule has 0 spiro atoms. The molecule has 0 bridgehead atoms. The van der Waals surface area contributed by atoms with Crippen molar-refractivity contribution in [2.45, 2.75) is 38.1 Å². The zero-order chi connectivity index (χ0) is 22.3. The quantitative estimate of drug-likeness (QED) is 0.528. The van der Waals surface area contributed by atoms with Gasteiger partial charge in [-0.05, 0) is 80.0 Å². The minimum Gasteiger partial charge on any atom is -0.384 e. The highest BCUT2D eigenvalue weighted by Crippen LogP contribution is 2.30. The highest BCUT2D eigenvalue weighted by molar-refractivity contribution is 5.79. The van der Waals surface area contributed by atoms with Crippen LogP contribution >= 0.6 is 0 Å². The zero-order valence-electron chi connectivity index (χ0n) is 18.3. The number of nitrogens with one attached hydrogen (secondary N) is 1. The van der Waals surface area contributed by atoms with E-state index in [1.165, 1.54) is 5.56 Å². The second-order valence-corrected chi connectivity index (χ2v) is 8.65. The normalized spacial score (nSPS) is 19.3. The largest absolute Gasteiger partial charge is 0.384 e. The number of aromatic nitrogens is 2. The molecule has 2 heterocycles. The average Bonchev–Trinajstić information content (AvgIpc) is 2.84. The van der Waals surface area contributed by atoms with E-state index >= 15 is 0 Å². The molecule has 0 radical (unpaired) electrons. The summed E-state index contributed by atoms with van der Waals surface area (Å²) in [4.78, 5) is 21.8. The summed E-state index contributed by atoms with van der Waals surface area (Å²) in [5.74, 6) is 1.19. The molecule has 1 unspecified atom stereocenters. The smallest absolute Gasteiger partial charge is 0.223 e. The van der Waals surface area contributed by atoms with Crippen molar-refractivity contribution in [3.63, 3.8) is 0 Å². The van der Waals surface area contributed by atoms with Crippen LogP contribution in [0, 0.1) is 11.8 Å². The number of carbonyl (C=O) groups excluding carboxylic acids is 1. The van der Waals surface area contributed by atoms with Crippen molar-refractivity contribution in [1.29, 1.82) is 0 Å². The summed E-state index contributed by atoms with van der Waals surface area (Å²) in [6, 6.07) is 17.8. The van der Waals surface area contributed by atoms with E-state index in [1.807, 2.05) is 42.5 Å². The van der Waals surface area contributed by atoms with Crippen molar-refractivity contribution < 1.29 is 4.79 Å². The molecule has 166 valence electrons. The molecule has 1 atom stereocenters. The van der Waals surface area contributed by atoms with Crippen LogP contribution in [0.2, 0.25) is 0 Å². The number of carbonyl (C=O) groups is 1. The van der Waals surface area contributed by atoms with Crippen LogP contribution in [0.25, 0.3) is 11.3 Å². The molecule has 4 rings (SSSR count). The van der Waals surface area contributed by atoms with Gasteiger partial charge in [0.15, 0.2) is 0 Å². The van der Waals surface area contributed by atoms with Gasteiger partial charge in [-0.3, -0.25) is 9.78 Å². The number of amides is 1. The van der Waals surface area contributed by atoms with Gasteiger partial charge in [-0.15, -0.1) is 0 Å². The molecule has 0 aliphatic heterocycles. The van der Waals surface area contributed by atoms with Gasteiger partial charge in [0.1, 0.15) is 5.82 Å². The first kappa shape index (κ1) is 22.0. The van der Waals surface area contributed by atoms with Crippen LogP contribution in [-0.4, -0.2) is 22.4 Å². The monoisotopic (exact) mass is 429 g/mol. The van der Waals surface area contributed by atoms with Crippen LogP contribution in [0.15, 0.2) is 67.0 Å². The lowest BCUT2D eigenvalue weighted by Crippen LogP contribution is -2.37. The molecule has 1 aliphatic rings. The Kier molecular flexibility index (Phi) is 7.12. The molecule has 2 aromatic heterocycles. The number of hydrogen-bond acceptors (Lipinski definition) is 5. The number of rotatable bonds is 7. The van der Waals surface area contributed by atoms with Crippen molar-refractivity contribution in [3.05, 3.63) is 78.1 Å². The van der Waals surface area contributed by atoms with E-state index in [9.17, 15) is 4.79 Å². The predicted molar refractivity (Wildman–Crippen MR) is 127 cm³/mol. The summed E-state index contributed by atoms with van der Waals surface area (Å²) in [7, 11) is 0. The maximum absolute atomic E-state index is 13.2. The van der Waals surface area contributed by atoms with Crippen LogP contribution in [0.3, 0.4) is 0 Å². The highest BCUT2D eigenvalue weighted by atomic mass is 16.1. The van der Waals surface area contributed by atoms with Crippen molar-refractivity contribution in [2.24, 2.45) is 17.6 Å². The number of nitrogens with zero attached hydrogens (tertiary/aromatic N) is 2. The lowest BCUT2D eigenvalue weighted by Gasteiger charge is -2.29. The van der Waals surface area contributed by atoms with Gasteiger partial charge in [0.05, 0.1) is 11.7 Å². The van der Waals surface area contributed by atoms with E-state index in [-0.39, 0.29) is 17.9 Å². The van der Waals surface area contributed by atoms with Gasteiger partial charge < -0.3 is 16.8 Å². The summed E-state index contributed by atoms with van der Waals surface area (Å²) in [6.07, 6.45) is 8.05. The van der Waals surface area contributed by atoms with Gasteiger partial charge in [-0.2, -0.15) is 0 Å². The molecular weight excluding hydrogens is 398 g/mol. The van der Waals surface area contributed by atoms with Crippen molar-refractivity contribution in [3.8, 4) is 11.3 Å². The molecule has 6 nitrogen and oxygen atoms in total. The summed E-state index contributed by atoms with van der Waals surface area (Å²) < 4.78 is 0. The number of pyridine rings is 2. The van der Waals surface area contributed by atoms with Crippen LogP contribution < -0.4 is 16.8 Å². The number of nitrogens with two attached hydrogens (primary N) is 2. The van der Waals surface area contributed by atoms with Crippen LogP contribution in [-0.2, 0) is 11.2 Å². The lowest BCUT2D eigenvalue weighted by atomic mass is 9.81. The van der Waals surface area contributed by atoms with Gasteiger partial charge in [-0.1, -0.05) is 30.3 Å². The van der Waals surface area contributed by atoms with Gasteiger partial charge >= 0.3 is 0 Å². The van der Waals surface area contributed by atoms with E-state index in [2.05, 4.69) is 27.4 Å². The van der Waals surface area contributed by atoms with E-state index in [4.69, 9.17) is 11.5 Å². The highest BCUT2D eigenvalue weighted by Gasteiger charge is 2.27. The molecule has 3 aromatic rings. The minimum atomic E-state index is -0.141. The maximum Gasteiger partial charge on any atom is 0.223 e. The van der Waals surface area contributed by atoms with Crippen LogP contribution in [0.4, 0.5) is 5.82 Å². The average molecular weight is 430 g/mol. The summed E-state index contributed by atoms with van der Waals surface area (Å²) in [5.41, 5.74) is 15.6. The fourth-order valence-electron chi connectivity index (χ4n) is 4.48. The van der Waals surface area contributed by atoms with E-state index < -0.39 is 0 Å². The molecule has 0 saturated heterocycles. The third kappa shape index (κ3) is 5.51. The number of anilines is 1. The Bertz CT molecular complexity index is 1030. The maximum atomic E-state index is 13.2. The molecule has 5 N–H and O–H groups in total. The first-order valence-corrected chi connectivity index (χ1v) is 11.3. The minimum absolute atomic E-state index is 0.0531. The Morgan fingerprint density at radius 3 is 2.47 bits per heavy atom. The number of benzene rings is 1. The first-order chi connectivity index (χ1) is 15.6. The Morgan fingerprint density at radius 1 is 1.00 bits per heavy atom. The Balaban J connectivity index is 1.57. The van der Waals surface area contributed by atoms with Crippen LogP contribution in [0.5, 0.6) is 0 Å². The van der Waals surface area contributed by atoms with Crippen molar-refractivity contribution >= 4 is 11.7 Å². The van der Waals surface area contributed by atoms with Crippen molar-refractivity contribution in [2.75, 3.05) is 12.3 Å². The van der Waals surface area contributed by atoms with Crippen molar-refractivity contribution in [1.82, 2.24) is 15.3 Å². The molecule has 1 aliphatic carbocycles. The fraction of sp³-hybridized carbons (Fsp3) is 0.346. The number of hydrogen-bond donors (Lipinski definition) is 3. The predicted octanol–water partition coefficient (Wildman–Crippen LogP) is 3.89. The first-order valence-electron chi connectivity index (χ1n) is 11.3. The molecule has 1 saturated carbocycles. The second-order valence-electron chi connectivity index (χ2n) is 8.65. The Morgan fingerprint density at radius 2 is 1.75 bits per heavy atom. The van der Waals surface area contributed by atoms with E-state index in [0.717, 1.165) is 42.5 Å². The molecule has 1 fully saturated rings.